The summed E-state index contributed by atoms with van der Waals surface area (Å²) in [6.07, 6.45) is 0. The first-order valence-corrected chi connectivity index (χ1v) is 4.01. The minimum Gasteiger partial charge on any atom is -0.481 e. The van der Waals surface area contributed by atoms with Crippen molar-refractivity contribution in [1.29, 1.82) is 0 Å². The molecule has 6 heteroatoms. The smallest absolute Gasteiger partial charge is 0.300 e. The molecule has 0 heterocycles. The fourth-order valence-corrected chi connectivity index (χ4v) is 0.768. The van der Waals surface area contributed by atoms with Crippen LogP contribution in [0.1, 0.15) is 12.5 Å². The van der Waals surface area contributed by atoms with E-state index in [1.165, 1.54) is 12.1 Å². The van der Waals surface area contributed by atoms with Crippen LogP contribution in [0.15, 0.2) is 24.3 Å². The van der Waals surface area contributed by atoms with Gasteiger partial charge < -0.3 is 10.2 Å². The largest absolute Gasteiger partial charge is 0.481 e. The highest BCUT2D eigenvalue weighted by molar-refractivity contribution is 5.62. The van der Waals surface area contributed by atoms with Gasteiger partial charge in [0.1, 0.15) is 0 Å². The summed E-state index contributed by atoms with van der Waals surface area (Å²) < 4.78 is 0. The van der Waals surface area contributed by atoms with Crippen LogP contribution in [0.3, 0.4) is 0 Å². The molecule has 0 spiro atoms. The molecule has 1 aromatic rings. The normalized spacial score (nSPS) is 8.67. The number of aliphatic hydroxyl groups is 1. The predicted molar refractivity (Wildman–Crippen MR) is 52.3 cm³/mol. The Balaban J connectivity index is 0.000000423. The Morgan fingerprint density at radius 2 is 2.07 bits per heavy atom. The van der Waals surface area contributed by atoms with Crippen molar-refractivity contribution in [2.75, 3.05) is 0 Å². The van der Waals surface area contributed by atoms with Gasteiger partial charge in [-0.3, -0.25) is 14.9 Å². The highest BCUT2D eigenvalue weighted by Crippen LogP contribution is 2.12. The van der Waals surface area contributed by atoms with Crippen LogP contribution in [0.5, 0.6) is 0 Å². The lowest BCUT2D eigenvalue weighted by atomic mass is 10.2. The molecule has 0 aliphatic heterocycles. The second kappa shape index (κ2) is 6.50. The number of hydrogen-bond acceptors (Lipinski definition) is 4. The standard InChI is InChI=1S/C7H7NO3.C2H4O2/c9-5-6-2-1-3-7(4-6)8(10)11;1-2(3)4/h1-4,9H,5H2;1H3,(H,3,4). The summed E-state index contributed by atoms with van der Waals surface area (Å²) in [6.45, 7) is 0.918. The minimum atomic E-state index is -0.833. The van der Waals surface area contributed by atoms with Gasteiger partial charge in [-0.1, -0.05) is 12.1 Å². The van der Waals surface area contributed by atoms with E-state index in [9.17, 15) is 10.1 Å². The summed E-state index contributed by atoms with van der Waals surface area (Å²) in [5.74, 6) is -0.833. The Bertz CT molecular complexity index is 346. The number of nitrogens with zero attached hydrogens (tertiary/aromatic N) is 1. The van der Waals surface area contributed by atoms with E-state index in [2.05, 4.69) is 0 Å². The summed E-state index contributed by atoms with van der Waals surface area (Å²) in [5.41, 5.74) is 0.566. The van der Waals surface area contributed by atoms with E-state index in [0.717, 1.165) is 6.92 Å². The second-order valence-corrected chi connectivity index (χ2v) is 2.60. The number of nitro groups is 1. The number of aliphatic carboxylic acids is 1. The number of non-ortho nitro benzene ring substituents is 1. The molecule has 0 atom stereocenters. The van der Waals surface area contributed by atoms with Gasteiger partial charge in [-0.2, -0.15) is 0 Å². The van der Waals surface area contributed by atoms with E-state index in [0.29, 0.717) is 5.56 Å². The monoisotopic (exact) mass is 213 g/mol. The minimum absolute atomic E-state index is 0.0107. The Morgan fingerprint density at radius 1 is 1.53 bits per heavy atom. The van der Waals surface area contributed by atoms with Crippen LogP contribution >= 0.6 is 0 Å². The van der Waals surface area contributed by atoms with E-state index in [1.807, 2.05) is 0 Å². The molecular weight excluding hydrogens is 202 g/mol. The van der Waals surface area contributed by atoms with Gasteiger partial charge in [0.05, 0.1) is 11.5 Å². The van der Waals surface area contributed by atoms with Gasteiger partial charge in [0, 0.05) is 19.1 Å². The fourth-order valence-electron chi connectivity index (χ4n) is 0.768. The number of hydrogen-bond donors (Lipinski definition) is 2. The molecular formula is C9H11NO5. The Hall–Kier alpha value is -1.95. The molecule has 0 aliphatic carbocycles. The lowest BCUT2D eigenvalue weighted by Gasteiger charge is -1.93. The maximum atomic E-state index is 10.2. The number of aliphatic hydroxyl groups excluding tert-OH is 1. The van der Waals surface area contributed by atoms with Crippen molar-refractivity contribution >= 4 is 11.7 Å². The topological polar surface area (TPSA) is 101 Å². The molecule has 0 amide bonds. The maximum Gasteiger partial charge on any atom is 0.300 e. The highest BCUT2D eigenvalue weighted by atomic mass is 16.6. The van der Waals surface area contributed by atoms with Gasteiger partial charge in [0.2, 0.25) is 0 Å². The van der Waals surface area contributed by atoms with E-state index in [1.54, 1.807) is 12.1 Å². The molecule has 0 radical (unpaired) electrons. The number of nitro benzene ring substituents is 1. The lowest BCUT2D eigenvalue weighted by Crippen LogP contribution is -1.89. The Kier molecular flexibility index (Phi) is 5.65. The molecule has 0 unspecified atom stereocenters. The van der Waals surface area contributed by atoms with Gasteiger partial charge in [0.25, 0.3) is 11.7 Å². The van der Waals surface area contributed by atoms with Crippen LogP contribution in [0.25, 0.3) is 0 Å². The van der Waals surface area contributed by atoms with E-state index < -0.39 is 10.9 Å². The van der Waals surface area contributed by atoms with Gasteiger partial charge in [0.15, 0.2) is 0 Å². The number of carboxylic acid groups (broad SMARTS) is 1. The van der Waals surface area contributed by atoms with Crippen molar-refractivity contribution in [2.24, 2.45) is 0 Å². The third kappa shape index (κ3) is 6.17. The first-order chi connectivity index (χ1) is 6.97. The van der Waals surface area contributed by atoms with Gasteiger partial charge >= 0.3 is 0 Å². The summed E-state index contributed by atoms with van der Waals surface area (Å²) in [6, 6.07) is 5.91. The predicted octanol–water partition coefficient (Wildman–Crippen LogP) is 1.18. The summed E-state index contributed by atoms with van der Waals surface area (Å²) >= 11 is 0. The lowest BCUT2D eigenvalue weighted by molar-refractivity contribution is -0.384. The van der Waals surface area contributed by atoms with Gasteiger partial charge in [-0.05, 0) is 5.56 Å². The molecule has 0 fully saturated rings. The Morgan fingerprint density at radius 3 is 2.47 bits per heavy atom. The van der Waals surface area contributed by atoms with Crippen molar-refractivity contribution in [3.8, 4) is 0 Å². The zero-order valence-electron chi connectivity index (χ0n) is 8.08. The van der Waals surface area contributed by atoms with Crippen LogP contribution in [-0.2, 0) is 11.4 Å². The third-order valence-electron chi connectivity index (χ3n) is 1.30. The second-order valence-electron chi connectivity index (χ2n) is 2.60. The van der Waals surface area contributed by atoms with Gasteiger partial charge in [-0.25, -0.2) is 0 Å². The van der Waals surface area contributed by atoms with Gasteiger partial charge in [-0.15, -0.1) is 0 Å². The first kappa shape index (κ1) is 13.1. The zero-order valence-corrected chi connectivity index (χ0v) is 8.08. The number of rotatable bonds is 2. The molecule has 0 saturated carbocycles. The average molecular weight is 213 g/mol. The van der Waals surface area contributed by atoms with Crippen molar-refractivity contribution in [1.82, 2.24) is 0 Å². The molecule has 0 aliphatic rings. The Labute approximate surface area is 85.9 Å². The van der Waals surface area contributed by atoms with Crippen LogP contribution in [-0.4, -0.2) is 21.1 Å². The van der Waals surface area contributed by atoms with Crippen LogP contribution < -0.4 is 0 Å². The first-order valence-electron chi connectivity index (χ1n) is 4.01. The SMILES string of the molecule is CC(=O)O.O=[N+]([O-])c1cccc(CO)c1. The summed E-state index contributed by atoms with van der Waals surface area (Å²) in [7, 11) is 0. The molecule has 1 aromatic carbocycles. The van der Waals surface area contributed by atoms with E-state index in [-0.39, 0.29) is 12.3 Å². The molecule has 82 valence electrons. The number of carbonyl (C=O) groups is 1. The highest BCUT2D eigenvalue weighted by Gasteiger charge is 2.03. The average Bonchev–Trinajstić information content (AvgIpc) is 2.17. The van der Waals surface area contributed by atoms with Crippen molar-refractivity contribution in [2.45, 2.75) is 13.5 Å². The fraction of sp³-hybridized carbons (Fsp3) is 0.222. The summed E-state index contributed by atoms with van der Waals surface area (Å²) in [5, 5.41) is 26.2. The number of benzene rings is 1. The van der Waals surface area contributed by atoms with Crippen molar-refractivity contribution in [3.63, 3.8) is 0 Å². The zero-order chi connectivity index (χ0) is 11.8. The summed E-state index contributed by atoms with van der Waals surface area (Å²) in [4.78, 5) is 18.7. The molecule has 0 saturated heterocycles. The van der Waals surface area contributed by atoms with E-state index in [4.69, 9.17) is 15.0 Å². The van der Waals surface area contributed by atoms with Crippen LogP contribution in [0, 0.1) is 10.1 Å². The van der Waals surface area contributed by atoms with Crippen LogP contribution in [0.2, 0.25) is 0 Å². The van der Waals surface area contributed by atoms with Crippen LogP contribution in [0.4, 0.5) is 5.69 Å². The molecule has 1 rings (SSSR count). The molecule has 0 aromatic heterocycles. The molecule has 0 bridgehead atoms. The molecule has 6 nitrogen and oxygen atoms in total. The van der Waals surface area contributed by atoms with Crippen molar-refractivity contribution in [3.05, 3.63) is 39.9 Å². The third-order valence-corrected chi connectivity index (χ3v) is 1.30. The molecule has 2 N–H and O–H groups in total. The van der Waals surface area contributed by atoms with E-state index >= 15 is 0 Å². The molecule has 15 heavy (non-hydrogen) atoms. The maximum absolute atomic E-state index is 10.2. The quantitative estimate of drug-likeness (QED) is 0.567. The number of carboxylic acids is 1. The van der Waals surface area contributed by atoms with Crippen molar-refractivity contribution < 1.29 is 19.9 Å².